The largest absolute Gasteiger partial charge is 0.416 e. The average Bonchev–Trinajstić information content (AvgIpc) is 2.61. The second-order valence-electron chi connectivity index (χ2n) is 5.63. The highest BCUT2D eigenvalue weighted by molar-refractivity contribution is 5.94. The lowest BCUT2D eigenvalue weighted by molar-refractivity contribution is -0.233. The van der Waals surface area contributed by atoms with E-state index in [9.17, 15) is 22.8 Å². The summed E-state index contributed by atoms with van der Waals surface area (Å²) in [7, 11) is 0. The summed E-state index contributed by atoms with van der Waals surface area (Å²) in [6, 6.07) is 11.9. The van der Waals surface area contributed by atoms with E-state index in [2.05, 4.69) is 9.72 Å². The lowest BCUT2D eigenvalue weighted by Crippen LogP contribution is -2.51. The van der Waals surface area contributed by atoms with Gasteiger partial charge in [-0.25, -0.2) is 0 Å². The molecule has 1 aliphatic rings. The number of morpholine rings is 1. The molecule has 1 unspecified atom stereocenters. The van der Waals surface area contributed by atoms with Crippen LogP contribution in [0.2, 0.25) is 0 Å². The number of halogens is 3. The van der Waals surface area contributed by atoms with Gasteiger partial charge < -0.3 is 14.6 Å². The first-order valence-electron chi connectivity index (χ1n) is 7.62. The molecule has 2 heterocycles. The van der Waals surface area contributed by atoms with Crippen LogP contribution in [0.4, 0.5) is 13.2 Å². The predicted molar refractivity (Wildman–Crippen MR) is 84.2 cm³/mol. The average molecular weight is 352 g/mol. The Kier molecular flexibility index (Phi) is 4.63. The zero-order valence-corrected chi connectivity index (χ0v) is 13.0. The van der Waals surface area contributed by atoms with Gasteiger partial charge >= 0.3 is 6.18 Å². The van der Waals surface area contributed by atoms with Crippen LogP contribution in [-0.4, -0.2) is 47.8 Å². The molecule has 25 heavy (non-hydrogen) atoms. The van der Waals surface area contributed by atoms with Crippen LogP contribution in [-0.2, 0) is 4.74 Å². The third kappa shape index (κ3) is 3.74. The molecular weight excluding hydrogens is 337 g/mol. The Hall–Kier alpha value is -2.61. The number of benzene rings is 1. The fraction of sp³-hybridized carbons (Fsp3) is 0.294. The fourth-order valence-electron chi connectivity index (χ4n) is 2.63. The van der Waals surface area contributed by atoms with Crippen molar-refractivity contribution < 1.29 is 22.7 Å². The van der Waals surface area contributed by atoms with Crippen LogP contribution in [0.15, 0.2) is 47.3 Å². The Morgan fingerprint density at radius 2 is 1.88 bits per heavy atom. The van der Waals surface area contributed by atoms with Gasteiger partial charge in [-0.3, -0.25) is 9.59 Å². The summed E-state index contributed by atoms with van der Waals surface area (Å²) in [4.78, 5) is 28.2. The van der Waals surface area contributed by atoms with Gasteiger partial charge in [0.25, 0.3) is 11.5 Å². The maximum Gasteiger partial charge on any atom is 0.416 e. The number of carbonyl (C=O) groups is 1. The first-order valence-corrected chi connectivity index (χ1v) is 7.62. The van der Waals surface area contributed by atoms with Gasteiger partial charge in [0, 0.05) is 12.2 Å². The van der Waals surface area contributed by atoms with E-state index in [1.165, 1.54) is 6.07 Å². The molecule has 1 aromatic heterocycles. The Bertz CT molecular complexity index is 818. The second kappa shape index (κ2) is 6.72. The van der Waals surface area contributed by atoms with E-state index in [4.69, 9.17) is 0 Å². The number of carbonyl (C=O) groups excluding carboxylic acids is 1. The minimum Gasteiger partial charge on any atom is -0.365 e. The molecule has 0 aliphatic carbocycles. The van der Waals surface area contributed by atoms with Crippen molar-refractivity contribution in [2.45, 2.75) is 12.3 Å². The number of pyridine rings is 1. The van der Waals surface area contributed by atoms with E-state index in [0.717, 1.165) is 10.5 Å². The minimum atomic E-state index is -4.55. The highest BCUT2D eigenvalue weighted by atomic mass is 19.4. The van der Waals surface area contributed by atoms with Crippen LogP contribution >= 0.6 is 0 Å². The van der Waals surface area contributed by atoms with Gasteiger partial charge in [0.05, 0.1) is 13.2 Å². The van der Waals surface area contributed by atoms with Crippen molar-refractivity contribution in [2.75, 3.05) is 19.7 Å². The van der Waals surface area contributed by atoms with Gasteiger partial charge in [-0.2, -0.15) is 13.2 Å². The van der Waals surface area contributed by atoms with Crippen molar-refractivity contribution in [3.63, 3.8) is 0 Å². The molecule has 1 aromatic carbocycles. The molecule has 1 atom stereocenters. The van der Waals surface area contributed by atoms with Crippen molar-refractivity contribution in [3.05, 3.63) is 58.4 Å². The SMILES string of the molecule is O=C(c1ccc(-c2ccccc2)[nH]c1=O)N1CCOC(C(F)(F)F)C1. The van der Waals surface area contributed by atoms with Gasteiger partial charge in [0.1, 0.15) is 5.56 Å². The molecular formula is C17H15F3N2O3. The van der Waals surface area contributed by atoms with Crippen LogP contribution in [0.5, 0.6) is 0 Å². The number of hydrogen-bond acceptors (Lipinski definition) is 3. The van der Waals surface area contributed by atoms with E-state index in [-0.39, 0.29) is 18.7 Å². The Balaban J connectivity index is 1.82. The van der Waals surface area contributed by atoms with Crippen molar-refractivity contribution in [1.82, 2.24) is 9.88 Å². The molecule has 1 saturated heterocycles. The van der Waals surface area contributed by atoms with E-state index in [1.54, 1.807) is 30.3 Å². The lowest BCUT2D eigenvalue weighted by Gasteiger charge is -2.33. The predicted octanol–water partition coefficient (Wildman–Crippen LogP) is 2.45. The monoisotopic (exact) mass is 352 g/mol. The molecule has 1 fully saturated rings. The molecule has 5 nitrogen and oxygen atoms in total. The minimum absolute atomic E-state index is 0.00525. The topological polar surface area (TPSA) is 62.4 Å². The van der Waals surface area contributed by atoms with Crippen LogP contribution in [0, 0.1) is 0 Å². The summed E-state index contributed by atoms with van der Waals surface area (Å²) in [5, 5.41) is 0. The Labute approximate surface area is 141 Å². The normalized spacial score (nSPS) is 18.2. The summed E-state index contributed by atoms with van der Waals surface area (Å²) < 4.78 is 43.0. The third-order valence-electron chi connectivity index (χ3n) is 3.94. The number of aromatic amines is 1. The van der Waals surface area contributed by atoms with E-state index >= 15 is 0 Å². The van der Waals surface area contributed by atoms with Gasteiger partial charge in [-0.15, -0.1) is 0 Å². The van der Waals surface area contributed by atoms with Gasteiger partial charge in [0.15, 0.2) is 6.10 Å². The van der Waals surface area contributed by atoms with E-state index in [1.807, 2.05) is 6.07 Å². The van der Waals surface area contributed by atoms with Crippen LogP contribution in [0.3, 0.4) is 0 Å². The number of H-pyrrole nitrogens is 1. The maximum absolute atomic E-state index is 12.8. The van der Waals surface area contributed by atoms with Crippen LogP contribution in [0.1, 0.15) is 10.4 Å². The third-order valence-corrected chi connectivity index (χ3v) is 3.94. The zero-order valence-electron chi connectivity index (χ0n) is 13.0. The van der Waals surface area contributed by atoms with Crippen molar-refractivity contribution in [2.24, 2.45) is 0 Å². The number of nitrogens with zero attached hydrogens (tertiary/aromatic N) is 1. The fourth-order valence-corrected chi connectivity index (χ4v) is 2.63. The first kappa shape index (κ1) is 17.2. The first-order chi connectivity index (χ1) is 11.9. The van der Waals surface area contributed by atoms with Gasteiger partial charge in [0.2, 0.25) is 0 Å². The van der Waals surface area contributed by atoms with E-state index < -0.39 is 30.3 Å². The standard InChI is InChI=1S/C17H15F3N2O3/c18-17(19,20)14-10-22(8-9-25-14)16(24)12-6-7-13(21-15(12)23)11-4-2-1-3-5-11/h1-7,14H,8-10H2,(H,21,23). The second-order valence-corrected chi connectivity index (χ2v) is 5.63. The lowest BCUT2D eigenvalue weighted by atomic mass is 10.1. The highest BCUT2D eigenvalue weighted by Crippen LogP contribution is 2.26. The van der Waals surface area contributed by atoms with Crippen LogP contribution < -0.4 is 5.56 Å². The molecule has 1 amide bonds. The zero-order chi connectivity index (χ0) is 18.0. The van der Waals surface area contributed by atoms with Gasteiger partial charge in [-0.1, -0.05) is 30.3 Å². The molecule has 3 rings (SSSR count). The molecule has 8 heteroatoms. The van der Waals surface area contributed by atoms with Crippen molar-refractivity contribution in [3.8, 4) is 11.3 Å². The molecule has 0 bridgehead atoms. The summed E-state index contributed by atoms with van der Waals surface area (Å²) in [6.45, 7) is -0.844. The van der Waals surface area contributed by atoms with Crippen molar-refractivity contribution in [1.29, 1.82) is 0 Å². The smallest absolute Gasteiger partial charge is 0.365 e. The molecule has 0 radical (unpaired) electrons. The molecule has 1 aliphatic heterocycles. The van der Waals surface area contributed by atoms with Crippen LogP contribution in [0.25, 0.3) is 11.3 Å². The number of ether oxygens (including phenoxy) is 1. The van der Waals surface area contributed by atoms with E-state index in [0.29, 0.717) is 5.69 Å². The molecule has 0 spiro atoms. The molecule has 2 aromatic rings. The molecule has 0 saturated carbocycles. The number of aromatic nitrogens is 1. The Morgan fingerprint density at radius 3 is 2.52 bits per heavy atom. The maximum atomic E-state index is 12.8. The summed E-state index contributed by atoms with van der Waals surface area (Å²) in [5.41, 5.74) is 0.461. The number of amides is 1. The quantitative estimate of drug-likeness (QED) is 0.903. The number of nitrogens with one attached hydrogen (secondary N) is 1. The number of alkyl halides is 3. The Morgan fingerprint density at radius 1 is 1.16 bits per heavy atom. The number of rotatable bonds is 2. The summed E-state index contributed by atoms with van der Waals surface area (Å²) in [6.07, 6.45) is -6.59. The highest BCUT2D eigenvalue weighted by Gasteiger charge is 2.44. The summed E-state index contributed by atoms with van der Waals surface area (Å²) >= 11 is 0. The van der Waals surface area contributed by atoms with Gasteiger partial charge in [-0.05, 0) is 17.7 Å². The molecule has 1 N–H and O–H groups in total. The molecule has 132 valence electrons. The summed E-state index contributed by atoms with van der Waals surface area (Å²) in [5.74, 6) is -0.738. The number of hydrogen-bond donors (Lipinski definition) is 1. The van der Waals surface area contributed by atoms with Crippen molar-refractivity contribution >= 4 is 5.91 Å².